The molecule has 1 aliphatic carbocycles. The summed E-state index contributed by atoms with van der Waals surface area (Å²) in [7, 11) is 0. The van der Waals surface area contributed by atoms with Crippen molar-refractivity contribution >= 4 is 34.4 Å². The lowest BCUT2D eigenvalue weighted by Crippen LogP contribution is -2.30. The number of hydrogen-bond donors (Lipinski definition) is 1. The SMILES string of the molecule is O=C(COC(=O)c1cc(C2CC2)nc2ccccc12)NCCc1cccc(Cl)c1. The van der Waals surface area contributed by atoms with Crippen LogP contribution in [0, 0.1) is 0 Å². The number of pyridine rings is 1. The van der Waals surface area contributed by atoms with Gasteiger partial charge in [-0.15, -0.1) is 0 Å². The van der Waals surface area contributed by atoms with E-state index in [1.807, 2.05) is 42.5 Å². The molecule has 148 valence electrons. The van der Waals surface area contributed by atoms with Crippen molar-refractivity contribution in [3.8, 4) is 0 Å². The quantitative estimate of drug-likeness (QED) is 0.592. The van der Waals surface area contributed by atoms with Crippen molar-refractivity contribution in [1.82, 2.24) is 10.3 Å². The van der Waals surface area contributed by atoms with Crippen LogP contribution < -0.4 is 5.32 Å². The lowest BCUT2D eigenvalue weighted by molar-refractivity contribution is -0.124. The summed E-state index contributed by atoms with van der Waals surface area (Å²) in [6, 6.07) is 16.8. The highest BCUT2D eigenvalue weighted by Gasteiger charge is 2.27. The molecule has 1 amide bonds. The molecular formula is C23H21ClN2O3. The Labute approximate surface area is 174 Å². The van der Waals surface area contributed by atoms with E-state index in [9.17, 15) is 9.59 Å². The zero-order chi connectivity index (χ0) is 20.2. The molecule has 0 radical (unpaired) electrons. The highest BCUT2D eigenvalue weighted by molar-refractivity contribution is 6.30. The lowest BCUT2D eigenvalue weighted by Gasteiger charge is -2.10. The Bertz CT molecular complexity index is 1060. The summed E-state index contributed by atoms with van der Waals surface area (Å²) in [6.45, 7) is 0.129. The van der Waals surface area contributed by atoms with E-state index in [0.717, 1.165) is 35.0 Å². The number of hydrogen-bond acceptors (Lipinski definition) is 4. The number of amides is 1. The molecule has 1 aromatic heterocycles. The summed E-state index contributed by atoms with van der Waals surface area (Å²) in [5.41, 5.74) is 3.19. The topological polar surface area (TPSA) is 68.3 Å². The number of rotatable bonds is 7. The van der Waals surface area contributed by atoms with Gasteiger partial charge < -0.3 is 10.1 Å². The van der Waals surface area contributed by atoms with E-state index < -0.39 is 5.97 Å². The van der Waals surface area contributed by atoms with Crippen molar-refractivity contribution in [2.45, 2.75) is 25.2 Å². The minimum Gasteiger partial charge on any atom is -0.452 e. The Balaban J connectivity index is 1.35. The normalized spacial score (nSPS) is 13.3. The summed E-state index contributed by atoms with van der Waals surface area (Å²) in [5, 5.41) is 4.17. The number of nitrogens with zero attached hydrogens (tertiary/aromatic N) is 1. The van der Waals surface area contributed by atoms with Gasteiger partial charge in [0.2, 0.25) is 0 Å². The number of benzene rings is 2. The van der Waals surface area contributed by atoms with Gasteiger partial charge in [0.05, 0.1) is 11.1 Å². The van der Waals surface area contributed by atoms with E-state index in [2.05, 4.69) is 10.3 Å². The number of carbonyl (C=O) groups excluding carboxylic acids is 2. The van der Waals surface area contributed by atoms with Crippen LogP contribution in [0.1, 0.15) is 40.4 Å². The van der Waals surface area contributed by atoms with Crippen LogP contribution in [0.2, 0.25) is 5.02 Å². The van der Waals surface area contributed by atoms with Crippen LogP contribution in [0.15, 0.2) is 54.6 Å². The van der Waals surface area contributed by atoms with Crippen molar-refractivity contribution in [3.05, 3.63) is 76.4 Å². The molecule has 6 heteroatoms. The standard InChI is InChI=1S/C23H21ClN2O3/c24-17-5-3-4-15(12-17)10-11-25-22(27)14-29-23(28)19-13-21(16-8-9-16)26-20-7-2-1-6-18(19)20/h1-7,12-13,16H,8-11,14H2,(H,25,27). The smallest absolute Gasteiger partial charge is 0.339 e. The minimum atomic E-state index is -0.504. The van der Waals surface area contributed by atoms with E-state index in [0.29, 0.717) is 29.5 Å². The van der Waals surface area contributed by atoms with E-state index >= 15 is 0 Å². The number of nitrogens with one attached hydrogen (secondary N) is 1. The van der Waals surface area contributed by atoms with Crippen molar-refractivity contribution in [1.29, 1.82) is 0 Å². The molecule has 2 aromatic carbocycles. The number of carbonyl (C=O) groups is 2. The van der Waals surface area contributed by atoms with Gasteiger partial charge >= 0.3 is 5.97 Å². The zero-order valence-corrected chi connectivity index (χ0v) is 16.6. The van der Waals surface area contributed by atoms with E-state index in [1.165, 1.54) is 0 Å². The Morgan fingerprint density at radius 2 is 1.93 bits per heavy atom. The lowest BCUT2D eigenvalue weighted by atomic mass is 10.1. The maximum Gasteiger partial charge on any atom is 0.339 e. The van der Waals surface area contributed by atoms with Crippen LogP contribution in [-0.4, -0.2) is 30.0 Å². The van der Waals surface area contributed by atoms with E-state index in [4.69, 9.17) is 16.3 Å². The fourth-order valence-electron chi connectivity index (χ4n) is 3.25. The van der Waals surface area contributed by atoms with Crippen molar-refractivity contribution < 1.29 is 14.3 Å². The minimum absolute atomic E-state index is 0.316. The molecule has 5 nitrogen and oxygen atoms in total. The van der Waals surface area contributed by atoms with Crippen molar-refractivity contribution in [2.24, 2.45) is 0 Å². The molecule has 0 bridgehead atoms. The fourth-order valence-corrected chi connectivity index (χ4v) is 3.46. The second-order valence-electron chi connectivity index (χ2n) is 7.19. The van der Waals surface area contributed by atoms with Crippen LogP contribution >= 0.6 is 11.6 Å². The Kier molecular flexibility index (Phi) is 5.76. The number of aromatic nitrogens is 1. The Morgan fingerprint density at radius 3 is 2.72 bits per heavy atom. The second-order valence-corrected chi connectivity index (χ2v) is 7.63. The van der Waals surface area contributed by atoms with E-state index in [-0.39, 0.29) is 12.5 Å². The molecule has 0 atom stereocenters. The Morgan fingerprint density at radius 1 is 1.10 bits per heavy atom. The van der Waals surface area contributed by atoms with Gasteiger partial charge in [-0.1, -0.05) is 41.9 Å². The molecule has 0 spiro atoms. The summed E-state index contributed by atoms with van der Waals surface area (Å²) in [5.74, 6) is -0.419. The van der Waals surface area contributed by atoms with Crippen LogP contribution in [0.3, 0.4) is 0 Å². The summed E-state index contributed by atoms with van der Waals surface area (Å²) < 4.78 is 5.28. The molecule has 1 N–H and O–H groups in total. The third-order valence-corrected chi connectivity index (χ3v) is 5.15. The third-order valence-electron chi connectivity index (χ3n) is 4.91. The van der Waals surface area contributed by atoms with Crippen molar-refractivity contribution in [2.75, 3.05) is 13.2 Å². The number of para-hydroxylation sites is 1. The molecular weight excluding hydrogens is 388 g/mol. The maximum atomic E-state index is 12.6. The molecule has 1 fully saturated rings. The first-order chi connectivity index (χ1) is 14.1. The van der Waals surface area contributed by atoms with Gasteiger partial charge in [-0.25, -0.2) is 4.79 Å². The number of ether oxygens (including phenoxy) is 1. The molecule has 29 heavy (non-hydrogen) atoms. The average Bonchev–Trinajstić information content (AvgIpc) is 3.57. The van der Waals surface area contributed by atoms with Gasteiger partial charge in [0, 0.05) is 28.6 Å². The van der Waals surface area contributed by atoms with Gasteiger partial charge in [0.1, 0.15) is 0 Å². The first-order valence-electron chi connectivity index (χ1n) is 9.68. The van der Waals surface area contributed by atoms with E-state index in [1.54, 1.807) is 12.1 Å². The van der Waals surface area contributed by atoms with Gasteiger partial charge in [-0.05, 0) is 49.1 Å². The van der Waals surface area contributed by atoms with Crippen LogP contribution in [0.25, 0.3) is 10.9 Å². The first kappa shape index (κ1) is 19.4. The highest BCUT2D eigenvalue weighted by atomic mass is 35.5. The van der Waals surface area contributed by atoms with Gasteiger partial charge in [-0.2, -0.15) is 0 Å². The molecule has 0 saturated heterocycles. The largest absolute Gasteiger partial charge is 0.452 e. The second kappa shape index (κ2) is 8.62. The monoisotopic (exact) mass is 408 g/mol. The Hall–Kier alpha value is -2.92. The molecule has 3 aromatic rings. The molecule has 0 unspecified atom stereocenters. The first-order valence-corrected chi connectivity index (χ1v) is 10.1. The van der Waals surface area contributed by atoms with Crippen LogP contribution in [0.5, 0.6) is 0 Å². The van der Waals surface area contributed by atoms with Gasteiger partial charge in [0.15, 0.2) is 6.61 Å². The summed E-state index contributed by atoms with van der Waals surface area (Å²) in [6.07, 6.45) is 2.84. The van der Waals surface area contributed by atoms with Crippen LogP contribution in [0.4, 0.5) is 0 Å². The number of fused-ring (bicyclic) bond motifs is 1. The summed E-state index contributed by atoms with van der Waals surface area (Å²) in [4.78, 5) is 29.4. The van der Waals surface area contributed by atoms with Gasteiger partial charge in [-0.3, -0.25) is 9.78 Å². The highest BCUT2D eigenvalue weighted by Crippen LogP contribution is 2.40. The number of halogens is 1. The third kappa shape index (κ3) is 4.93. The molecule has 1 heterocycles. The van der Waals surface area contributed by atoms with Crippen LogP contribution in [-0.2, 0) is 16.0 Å². The molecule has 1 aliphatic rings. The van der Waals surface area contributed by atoms with Crippen molar-refractivity contribution in [3.63, 3.8) is 0 Å². The summed E-state index contributed by atoms with van der Waals surface area (Å²) >= 11 is 5.96. The molecule has 4 rings (SSSR count). The predicted octanol–water partition coefficient (Wildman–Crippen LogP) is 4.28. The average molecular weight is 409 g/mol. The van der Waals surface area contributed by atoms with Gasteiger partial charge in [0.25, 0.3) is 5.91 Å². The maximum absolute atomic E-state index is 12.6. The fraction of sp³-hybridized carbons (Fsp3) is 0.261. The molecule has 1 saturated carbocycles. The predicted molar refractivity (Wildman–Crippen MR) is 112 cm³/mol. The molecule has 0 aliphatic heterocycles. The number of esters is 1. The zero-order valence-electron chi connectivity index (χ0n) is 15.9.